The van der Waals surface area contributed by atoms with Crippen molar-refractivity contribution in [3.05, 3.63) is 52.7 Å². The number of benzene rings is 1. The lowest BCUT2D eigenvalue weighted by atomic mass is 10.2. The second-order valence-corrected chi connectivity index (χ2v) is 10.0. The van der Waals surface area contributed by atoms with Gasteiger partial charge >= 0.3 is 5.97 Å². The maximum absolute atomic E-state index is 13.0. The number of carbonyl (C=O) groups is 1. The molecule has 11 heteroatoms. The molecule has 1 aliphatic rings. The maximum Gasteiger partial charge on any atom is 0.325 e. The van der Waals surface area contributed by atoms with E-state index < -0.39 is 28.1 Å². The molecule has 2 unspecified atom stereocenters. The van der Waals surface area contributed by atoms with E-state index in [1.165, 1.54) is 39.9 Å². The van der Waals surface area contributed by atoms with Crippen LogP contribution in [0.5, 0.6) is 0 Å². The summed E-state index contributed by atoms with van der Waals surface area (Å²) in [6.45, 7) is 1.85. The number of esters is 1. The summed E-state index contributed by atoms with van der Waals surface area (Å²) in [4.78, 5) is 13.7. The third-order valence-electron chi connectivity index (χ3n) is 4.71. The van der Waals surface area contributed by atoms with Crippen molar-refractivity contribution in [2.45, 2.75) is 36.8 Å². The zero-order valence-electron chi connectivity index (χ0n) is 15.9. The third-order valence-corrected chi connectivity index (χ3v) is 7.74. The van der Waals surface area contributed by atoms with Crippen molar-refractivity contribution < 1.29 is 22.4 Å². The zero-order valence-corrected chi connectivity index (χ0v) is 18.3. The standard InChI is InChI=1S/C19H18ClN3O5S2/c1-12(17-21-22-18(28-17)16-5-3-11-29-16)27-19(24)15-4-2-10-23(15)30(25,26)14-8-6-13(20)7-9-14/h3,5-9,11-12,15H,2,4,10H2,1H3. The number of rotatable bonds is 6. The summed E-state index contributed by atoms with van der Waals surface area (Å²) in [7, 11) is -3.85. The van der Waals surface area contributed by atoms with Crippen LogP contribution < -0.4 is 0 Å². The van der Waals surface area contributed by atoms with Gasteiger partial charge in [-0.25, -0.2) is 8.42 Å². The minimum Gasteiger partial charge on any atom is -0.451 e. The molecule has 0 saturated carbocycles. The number of carbonyl (C=O) groups excluding carboxylic acids is 1. The number of halogens is 1. The zero-order chi connectivity index (χ0) is 21.3. The first-order valence-corrected chi connectivity index (χ1v) is 11.9. The summed E-state index contributed by atoms with van der Waals surface area (Å²) >= 11 is 7.30. The van der Waals surface area contributed by atoms with Gasteiger partial charge in [-0.15, -0.1) is 21.5 Å². The molecule has 0 N–H and O–H groups in total. The van der Waals surface area contributed by atoms with Crippen molar-refractivity contribution in [1.82, 2.24) is 14.5 Å². The van der Waals surface area contributed by atoms with Gasteiger partial charge in [-0.05, 0) is 55.5 Å². The van der Waals surface area contributed by atoms with E-state index in [0.29, 0.717) is 23.8 Å². The Morgan fingerprint density at radius 3 is 2.77 bits per heavy atom. The minimum atomic E-state index is -3.85. The van der Waals surface area contributed by atoms with Crippen LogP contribution >= 0.6 is 22.9 Å². The Kier molecular flexibility index (Phi) is 5.92. The molecule has 8 nitrogen and oxygen atoms in total. The number of nitrogens with zero attached hydrogens (tertiary/aromatic N) is 3. The molecule has 1 fully saturated rings. The predicted octanol–water partition coefficient (Wildman–Crippen LogP) is 3.91. The van der Waals surface area contributed by atoms with Crippen molar-refractivity contribution in [2.24, 2.45) is 0 Å². The van der Waals surface area contributed by atoms with Crippen molar-refractivity contribution in [1.29, 1.82) is 0 Å². The first kappa shape index (κ1) is 21.0. The fraction of sp³-hybridized carbons (Fsp3) is 0.316. The number of ether oxygens (including phenoxy) is 1. The topological polar surface area (TPSA) is 103 Å². The molecule has 2 aromatic heterocycles. The van der Waals surface area contributed by atoms with Crippen LogP contribution in [0.3, 0.4) is 0 Å². The average Bonchev–Trinajstić information content (AvgIpc) is 3.49. The molecular formula is C19H18ClN3O5S2. The van der Waals surface area contributed by atoms with Gasteiger partial charge in [0, 0.05) is 11.6 Å². The largest absolute Gasteiger partial charge is 0.451 e. The molecule has 1 saturated heterocycles. The molecule has 0 amide bonds. The van der Waals surface area contributed by atoms with Crippen molar-refractivity contribution >= 4 is 38.9 Å². The van der Waals surface area contributed by atoms with Crippen molar-refractivity contribution in [3.8, 4) is 10.8 Å². The van der Waals surface area contributed by atoms with E-state index in [0.717, 1.165) is 4.88 Å². The minimum absolute atomic E-state index is 0.0807. The Morgan fingerprint density at radius 1 is 1.30 bits per heavy atom. The van der Waals surface area contributed by atoms with E-state index in [4.69, 9.17) is 20.8 Å². The van der Waals surface area contributed by atoms with Crippen LogP contribution in [-0.4, -0.2) is 41.5 Å². The molecule has 4 rings (SSSR count). The summed E-state index contributed by atoms with van der Waals surface area (Å²) in [5, 5.41) is 10.2. The van der Waals surface area contributed by atoms with Gasteiger partial charge in [0.15, 0.2) is 6.10 Å². The Hall–Kier alpha value is -2.27. The fourth-order valence-electron chi connectivity index (χ4n) is 3.21. The molecule has 0 aliphatic carbocycles. The highest BCUT2D eigenvalue weighted by Crippen LogP contribution is 2.30. The predicted molar refractivity (Wildman–Crippen MR) is 110 cm³/mol. The molecule has 30 heavy (non-hydrogen) atoms. The van der Waals surface area contributed by atoms with Crippen LogP contribution in [0.25, 0.3) is 10.8 Å². The Labute approximate surface area is 182 Å². The van der Waals surface area contributed by atoms with Gasteiger partial charge in [0.2, 0.25) is 10.0 Å². The number of hydrogen-bond donors (Lipinski definition) is 0. The summed E-state index contributed by atoms with van der Waals surface area (Å²) in [5.41, 5.74) is 0. The number of aromatic nitrogens is 2. The van der Waals surface area contributed by atoms with Crippen LogP contribution in [0.4, 0.5) is 0 Å². The monoisotopic (exact) mass is 467 g/mol. The molecule has 0 spiro atoms. The number of hydrogen-bond acceptors (Lipinski definition) is 8. The molecule has 0 radical (unpaired) electrons. The van der Waals surface area contributed by atoms with Crippen LogP contribution in [0.15, 0.2) is 51.1 Å². The van der Waals surface area contributed by atoms with E-state index in [1.807, 2.05) is 17.5 Å². The summed E-state index contributed by atoms with van der Waals surface area (Å²) in [6.07, 6.45) is 0.131. The Bertz CT molecular complexity index is 1130. The average molecular weight is 468 g/mol. The molecule has 0 bridgehead atoms. The third kappa shape index (κ3) is 4.13. The van der Waals surface area contributed by atoms with Crippen LogP contribution in [0.1, 0.15) is 31.8 Å². The normalized spacial score (nSPS) is 18.4. The quantitative estimate of drug-likeness (QED) is 0.506. The van der Waals surface area contributed by atoms with Gasteiger partial charge in [0.1, 0.15) is 6.04 Å². The molecule has 1 aliphatic heterocycles. The molecule has 2 atom stereocenters. The van der Waals surface area contributed by atoms with Gasteiger partial charge in [0.25, 0.3) is 11.8 Å². The fourth-order valence-corrected chi connectivity index (χ4v) is 5.62. The van der Waals surface area contributed by atoms with E-state index in [2.05, 4.69) is 10.2 Å². The van der Waals surface area contributed by atoms with Crippen molar-refractivity contribution in [3.63, 3.8) is 0 Å². The first-order chi connectivity index (χ1) is 14.4. The van der Waals surface area contributed by atoms with Crippen LogP contribution in [0, 0.1) is 0 Å². The number of sulfonamides is 1. The highest BCUT2D eigenvalue weighted by Gasteiger charge is 2.41. The smallest absolute Gasteiger partial charge is 0.325 e. The molecular weight excluding hydrogens is 450 g/mol. The van der Waals surface area contributed by atoms with Crippen LogP contribution in [-0.2, 0) is 19.6 Å². The summed E-state index contributed by atoms with van der Waals surface area (Å²) < 4.78 is 38.2. The lowest BCUT2D eigenvalue weighted by Gasteiger charge is -2.23. The van der Waals surface area contributed by atoms with E-state index >= 15 is 0 Å². The van der Waals surface area contributed by atoms with Gasteiger partial charge in [-0.3, -0.25) is 4.79 Å². The second-order valence-electron chi connectivity index (χ2n) is 6.73. The molecule has 1 aromatic carbocycles. The van der Waals surface area contributed by atoms with Crippen molar-refractivity contribution in [2.75, 3.05) is 6.54 Å². The molecule has 158 valence electrons. The number of thiophene rings is 1. The Morgan fingerprint density at radius 2 is 2.07 bits per heavy atom. The maximum atomic E-state index is 13.0. The lowest BCUT2D eigenvalue weighted by molar-refractivity contribution is -0.153. The van der Waals surface area contributed by atoms with Gasteiger partial charge in [-0.1, -0.05) is 17.7 Å². The second kappa shape index (κ2) is 8.46. The Balaban J connectivity index is 1.48. The van der Waals surface area contributed by atoms with Gasteiger partial charge in [0.05, 0.1) is 9.77 Å². The molecule has 3 heterocycles. The highest BCUT2D eigenvalue weighted by molar-refractivity contribution is 7.89. The van der Waals surface area contributed by atoms with Gasteiger partial charge in [-0.2, -0.15) is 4.31 Å². The molecule has 3 aromatic rings. The lowest BCUT2D eigenvalue weighted by Crippen LogP contribution is -2.41. The SMILES string of the molecule is CC(OC(=O)C1CCCN1S(=O)(=O)c1ccc(Cl)cc1)c1nnc(-c2cccs2)o1. The summed E-state index contributed by atoms with van der Waals surface area (Å²) in [5.74, 6) is -0.152. The van der Waals surface area contributed by atoms with E-state index in [9.17, 15) is 13.2 Å². The highest BCUT2D eigenvalue weighted by atomic mass is 35.5. The van der Waals surface area contributed by atoms with E-state index in [1.54, 1.807) is 6.92 Å². The van der Waals surface area contributed by atoms with Crippen LogP contribution in [0.2, 0.25) is 5.02 Å². The van der Waals surface area contributed by atoms with Gasteiger partial charge < -0.3 is 9.15 Å². The first-order valence-electron chi connectivity index (χ1n) is 9.21. The summed E-state index contributed by atoms with van der Waals surface area (Å²) in [6, 6.07) is 8.64. The van der Waals surface area contributed by atoms with E-state index in [-0.39, 0.29) is 17.3 Å².